The fourth-order valence-electron chi connectivity index (χ4n) is 2.42. The first-order chi connectivity index (χ1) is 11.4. The summed E-state index contributed by atoms with van der Waals surface area (Å²) in [6.07, 6.45) is -0.368. The Balaban J connectivity index is 1.92. The van der Waals surface area contributed by atoms with E-state index in [0.717, 1.165) is 0 Å². The number of aromatic nitrogens is 1. The van der Waals surface area contributed by atoms with Crippen molar-refractivity contribution in [2.45, 2.75) is 20.8 Å². The van der Waals surface area contributed by atoms with Crippen LogP contribution < -0.4 is 4.90 Å². The van der Waals surface area contributed by atoms with Gasteiger partial charge in [-0.05, 0) is 13.8 Å². The van der Waals surface area contributed by atoms with Crippen LogP contribution in [0.15, 0.2) is 10.6 Å². The Hall–Kier alpha value is -2.58. The highest BCUT2D eigenvalue weighted by molar-refractivity contribution is 5.96. The molecule has 9 heteroatoms. The van der Waals surface area contributed by atoms with Gasteiger partial charge in [0.2, 0.25) is 11.8 Å². The third-order valence-corrected chi connectivity index (χ3v) is 3.72. The molecule has 1 fully saturated rings. The molecule has 0 unspecified atom stereocenters. The summed E-state index contributed by atoms with van der Waals surface area (Å²) in [5.41, 5.74) is 0. The summed E-state index contributed by atoms with van der Waals surface area (Å²) in [6.45, 7) is 6.67. The van der Waals surface area contributed by atoms with Gasteiger partial charge >= 0.3 is 6.09 Å². The molecule has 0 atom stereocenters. The number of carbonyl (C=O) groups excluding carboxylic acids is 3. The number of hydrogen-bond donors (Lipinski definition) is 0. The molecule has 2 rings (SSSR count). The van der Waals surface area contributed by atoms with Crippen molar-refractivity contribution in [2.24, 2.45) is 0 Å². The van der Waals surface area contributed by atoms with Crippen LogP contribution >= 0.6 is 0 Å². The second-order valence-corrected chi connectivity index (χ2v) is 5.47. The number of piperazine rings is 1. The zero-order valence-corrected chi connectivity index (χ0v) is 14.2. The molecule has 0 spiro atoms. The van der Waals surface area contributed by atoms with Crippen LogP contribution in [0, 0.1) is 6.92 Å². The Morgan fingerprint density at radius 3 is 2.38 bits per heavy atom. The maximum atomic E-state index is 12.4. The molecule has 0 aliphatic carbocycles. The number of amides is 3. The predicted molar refractivity (Wildman–Crippen MR) is 84.4 cm³/mol. The molecule has 1 saturated heterocycles. The van der Waals surface area contributed by atoms with Gasteiger partial charge in [0.05, 0.1) is 6.61 Å². The van der Waals surface area contributed by atoms with Gasteiger partial charge in [0.25, 0.3) is 0 Å². The lowest BCUT2D eigenvalue weighted by Gasteiger charge is -2.34. The molecular formula is C15H22N4O5. The number of carbonyl (C=O) groups is 3. The first kappa shape index (κ1) is 17.8. The molecule has 0 saturated carbocycles. The topological polar surface area (TPSA) is 96.2 Å². The molecule has 0 aromatic carbocycles. The number of rotatable bonds is 4. The fourth-order valence-corrected chi connectivity index (χ4v) is 2.42. The molecular weight excluding hydrogens is 316 g/mol. The monoisotopic (exact) mass is 338 g/mol. The van der Waals surface area contributed by atoms with Crippen LogP contribution in [0.2, 0.25) is 0 Å². The maximum absolute atomic E-state index is 12.4. The van der Waals surface area contributed by atoms with E-state index >= 15 is 0 Å². The summed E-state index contributed by atoms with van der Waals surface area (Å²) < 4.78 is 9.90. The third-order valence-electron chi connectivity index (χ3n) is 3.72. The molecule has 0 bridgehead atoms. The average Bonchev–Trinajstić information content (AvgIpc) is 2.98. The quantitative estimate of drug-likeness (QED) is 0.799. The van der Waals surface area contributed by atoms with Crippen molar-refractivity contribution in [3.63, 3.8) is 0 Å². The summed E-state index contributed by atoms with van der Waals surface area (Å²) in [6, 6.07) is 1.60. The highest BCUT2D eigenvalue weighted by Crippen LogP contribution is 2.15. The Labute approximate surface area is 140 Å². The number of anilines is 1. The number of ether oxygens (including phenoxy) is 1. The van der Waals surface area contributed by atoms with Crippen molar-refractivity contribution in [2.75, 3.05) is 44.2 Å². The number of hydrogen-bond acceptors (Lipinski definition) is 6. The zero-order valence-electron chi connectivity index (χ0n) is 14.2. The van der Waals surface area contributed by atoms with Crippen molar-refractivity contribution in [1.29, 1.82) is 0 Å². The van der Waals surface area contributed by atoms with E-state index in [-0.39, 0.29) is 24.5 Å². The average molecular weight is 338 g/mol. The third kappa shape index (κ3) is 4.24. The van der Waals surface area contributed by atoms with Gasteiger partial charge in [0, 0.05) is 39.2 Å². The van der Waals surface area contributed by atoms with Crippen molar-refractivity contribution in [1.82, 2.24) is 15.0 Å². The zero-order chi connectivity index (χ0) is 17.7. The second-order valence-electron chi connectivity index (χ2n) is 5.47. The van der Waals surface area contributed by atoms with E-state index in [2.05, 4.69) is 5.16 Å². The molecule has 9 nitrogen and oxygen atoms in total. The fraction of sp³-hybridized carbons (Fsp3) is 0.600. The van der Waals surface area contributed by atoms with E-state index in [4.69, 9.17) is 9.26 Å². The highest BCUT2D eigenvalue weighted by Gasteiger charge is 2.27. The van der Waals surface area contributed by atoms with E-state index in [1.54, 1.807) is 29.7 Å². The molecule has 1 aliphatic heterocycles. The van der Waals surface area contributed by atoms with Gasteiger partial charge in [0.15, 0.2) is 5.82 Å². The van der Waals surface area contributed by atoms with Crippen LogP contribution in [0.25, 0.3) is 0 Å². The normalized spacial score (nSPS) is 14.5. The minimum Gasteiger partial charge on any atom is -0.450 e. The Bertz CT molecular complexity index is 607. The van der Waals surface area contributed by atoms with Crippen molar-refractivity contribution in [3.05, 3.63) is 11.8 Å². The van der Waals surface area contributed by atoms with Gasteiger partial charge in [0.1, 0.15) is 12.3 Å². The van der Waals surface area contributed by atoms with Crippen molar-refractivity contribution in [3.8, 4) is 0 Å². The van der Waals surface area contributed by atoms with E-state index in [1.165, 1.54) is 11.8 Å². The summed E-state index contributed by atoms with van der Waals surface area (Å²) in [4.78, 5) is 40.3. The standard InChI is InChI=1S/C15H22N4O5/c1-4-23-15(22)18-7-5-17(6-8-18)14(21)10-19(12(3)20)13-9-11(2)24-16-13/h9H,4-8,10H2,1-3H3. The molecule has 24 heavy (non-hydrogen) atoms. The molecule has 1 aliphatic rings. The van der Waals surface area contributed by atoms with Gasteiger partial charge < -0.3 is 19.1 Å². The Morgan fingerprint density at radius 1 is 1.25 bits per heavy atom. The van der Waals surface area contributed by atoms with Crippen LogP contribution in [-0.2, 0) is 14.3 Å². The molecule has 0 radical (unpaired) electrons. The SMILES string of the molecule is CCOC(=O)N1CCN(C(=O)CN(C(C)=O)c2cc(C)on2)CC1. The number of nitrogens with zero attached hydrogens (tertiary/aromatic N) is 4. The van der Waals surface area contributed by atoms with Gasteiger partial charge in [-0.15, -0.1) is 0 Å². The minimum atomic E-state index is -0.368. The van der Waals surface area contributed by atoms with E-state index in [9.17, 15) is 14.4 Å². The summed E-state index contributed by atoms with van der Waals surface area (Å²) in [5, 5.41) is 3.78. The van der Waals surface area contributed by atoms with E-state index in [0.29, 0.717) is 44.4 Å². The van der Waals surface area contributed by atoms with E-state index < -0.39 is 0 Å². The van der Waals surface area contributed by atoms with Gasteiger partial charge in [-0.2, -0.15) is 0 Å². The van der Waals surface area contributed by atoms with Crippen LogP contribution in [0.4, 0.5) is 10.6 Å². The highest BCUT2D eigenvalue weighted by atomic mass is 16.6. The van der Waals surface area contributed by atoms with Crippen LogP contribution in [-0.4, -0.2) is 72.2 Å². The van der Waals surface area contributed by atoms with E-state index in [1.807, 2.05) is 0 Å². The van der Waals surface area contributed by atoms with Gasteiger partial charge in [-0.3, -0.25) is 14.5 Å². The maximum Gasteiger partial charge on any atom is 0.409 e. The second kappa shape index (κ2) is 7.80. The molecule has 1 aromatic heterocycles. The Morgan fingerprint density at radius 2 is 1.88 bits per heavy atom. The van der Waals surface area contributed by atoms with Crippen LogP contribution in [0.5, 0.6) is 0 Å². The summed E-state index contributed by atoms with van der Waals surface area (Å²) in [7, 11) is 0. The molecule has 1 aromatic rings. The molecule has 0 N–H and O–H groups in total. The van der Waals surface area contributed by atoms with Crippen LogP contribution in [0.1, 0.15) is 19.6 Å². The van der Waals surface area contributed by atoms with Gasteiger partial charge in [-0.25, -0.2) is 4.79 Å². The molecule has 3 amide bonds. The predicted octanol–water partition coefficient (Wildman–Crippen LogP) is 0.637. The lowest BCUT2D eigenvalue weighted by atomic mass is 10.3. The van der Waals surface area contributed by atoms with Crippen molar-refractivity contribution >= 4 is 23.7 Å². The summed E-state index contributed by atoms with van der Waals surface area (Å²) >= 11 is 0. The van der Waals surface area contributed by atoms with Gasteiger partial charge in [-0.1, -0.05) is 5.16 Å². The molecule has 132 valence electrons. The smallest absolute Gasteiger partial charge is 0.409 e. The lowest BCUT2D eigenvalue weighted by molar-refractivity contribution is -0.132. The first-order valence-corrected chi connectivity index (χ1v) is 7.83. The largest absolute Gasteiger partial charge is 0.450 e. The summed E-state index contributed by atoms with van der Waals surface area (Å²) in [5.74, 6) is 0.390. The Kier molecular flexibility index (Phi) is 5.78. The molecule has 2 heterocycles. The lowest BCUT2D eigenvalue weighted by Crippen LogP contribution is -2.53. The number of aryl methyl sites for hydroxylation is 1. The van der Waals surface area contributed by atoms with Crippen molar-refractivity contribution < 1.29 is 23.6 Å². The van der Waals surface area contributed by atoms with Crippen LogP contribution in [0.3, 0.4) is 0 Å². The minimum absolute atomic E-state index is 0.110. The first-order valence-electron chi connectivity index (χ1n) is 7.83.